The largest absolute Gasteiger partial charge is 0.479 e. The molecule has 3 N–H and O–H groups in total. The van der Waals surface area contributed by atoms with Gasteiger partial charge in [0.25, 0.3) is 0 Å². The molecule has 0 spiro atoms. The number of rotatable bonds is 48. The van der Waals surface area contributed by atoms with Crippen molar-refractivity contribution >= 4 is 23.9 Å². The predicted octanol–water partition coefficient (Wildman–Crippen LogP) is 14.9. The summed E-state index contributed by atoms with van der Waals surface area (Å²) in [6, 6.07) is 0. The third kappa shape index (κ3) is 40.6. The first-order chi connectivity index (χ1) is 36.6. The molecule has 0 aromatic heterocycles. The first-order valence-electron chi connectivity index (χ1n) is 29.2. The van der Waals surface area contributed by atoms with Gasteiger partial charge in [-0.1, -0.05) is 189 Å². The number of aliphatic carboxylic acids is 1. The number of esters is 3. The molecule has 426 valence electrons. The number of unbranched alkanes of at least 4 members (excludes halogenated alkanes) is 18. The average molecular weight is 1050 g/mol. The Morgan fingerprint density at radius 3 is 1.36 bits per heavy atom. The third-order valence-corrected chi connectivity index (χ3v) is 12.6. The second-order valence-corrected chi connectivity index (χ2v) is 19.5. The highest BCUT2D eigenvalue weighted by Crippen LogP contribution is 2.26. The summed E-state index contributed by atoms with van der Waals surface area (Å²) >= 11 is 0. The van der Waals surface area contributed by atoms with Crippen molar-refractivity contribution in [2.45, 2.75) is 263 Å². The van der Waals surface area contributed by atoms with E-state index in [9.17, 15) is 34.5 Å². The van der Waals surface area contributed by atoms with E-state index in [1.165, 1.54) is 25.7 Å². The van der Waals surface area contributed by atoms with Gasteiger partial charge in [-0.15, -0.1) is 0 Å². The Kier molecular flexibility index (Phi) is 46.2. The lowest BCUT2D eigenvalue weighted by atomic mass is 9.98. The maximum atomic E-state index is 13.1. The van der Waals surface area contributed by atoms with Gasteiger partial charge in [-0.05, 0) is 116 Å². The van der Waals surface area contributed by atoms with E-state index >= 15 is 0 Å². The van der Waals surface area contributed by atoms with Gasteiger partial charge in [0.15, 0.2) is 24.6 Å². The number of hydrogen-bond donors (Lipinski definition) is 3. The minimum Gasteiger partial charge on any atom is -0.479 e. The lowest BCUT2D eigenvalue weighted by Crippen LogP contribution is -2.61. The topological polar surface area (TPSA) is 175 Å². The monoisotopic (exact) mass is 1050 g/mol. The summed E-state index contributed by atoms with van der Waals surface area (Å²) < 4.78 is 28.3. The van der Waals surface area contributed by atoms with E-state index in [4.69, 9.17) is 23.7 Å². The molecule has 1 saturated heterocycles. The molecule has 0 bridgehead atoms. The fraction of sp³-hybridized carbons (Fsp3) is 0.683. The van der Waals surface area contributed by atoms with Crippen LogP contribution in [-0.2, 0) is 42.9 Å². The van der Waals surface area contributed by atoms with Crippen molar-refractivity contribution in [3.8, 4) is 0 Å². The number of allylic oxidation sites excluding steroid dienone is 16. The number of ether oxygens (including phenoxy) is 5. The standard InChI is InChI=1S/C63H102O12/c1-4-7-10-13-16-19-22-25-26-27-28-29-30-33-34-37-40-43-46-49-55(64)71-52-54(73-56(65)50-47-44-41-38-35-31-23-20-17-14-11-8-5-2)53-72-63-61(59(68)58(67)60(75-63)62(69)70)74-57(66)51-48-45-42-39-36-32-24-21-18-15-12-9-6-3/h7,10,12,15-16,19-21,23-26,28-29,33-34,54,58-61,63,67-68H,4-6,8-9,11,13-14,17-18,22,27,30-32,35-53H2,1-3H3,(H,69,70)/b10-7-,15-12-,19-16-,23-20-,24-21-,26-25-,29-28-,34-33-. The molecule has 12 heteroatoms. The molecule has 1 rings (SSSR count). The van der Waals surface area contributed by atoms with Gasteiger partial charge in [0.1, 0.15) is 18.8 Å². The molecule has 0 radical (unpaired) electrons. The lowest BCUT2D eigenvalue weighted by Gasteiger charge is -2.40. The molecule has 0 aliphatic carbocycles. The zero-order valence-electron chi connectivity index (χ0n) is 46.8. The first-order valence-corrected chi connectivity index (χ1v) is 29.2. The molecule has 1 heterocycles. The van der Waals surface area contributed by atoms with Crippen LogP contribution in [0.4, 0.5) is 0 Å². The number of carboxylic acids is 1. The van der Waals surface area contributed by atoms with Gasteiger partial charge in [0.2, 0.25) is 0 Å². The summed E-state index contributed by atoms with van der Waals surface area (Å²) in [7, 11) is 0. The van der Waals surface area contributed by atoms with E-state index < -0.39 is 67.3 Å². The minimum absolute atomic E-state index is 0.0359. The summed E-state index contributed by atoms with van der Waals surface area (Å²) in [5.41, 5.74) is 0. The number of aliphatic hydroxyl groups excluding tert-OH is 2. The average Bonchev–Trinajstić information content (AvgIpc) is 3.39. The van der Waals surface area contributed by atoms with Crippen molar-refractivity contribution in [3.05, 3.63) is 97.2 Å². The maximum absolute atomic E-state index is 13.1. The fourth-order valence-electron chi connectivity index (χ4n) is 8.13. The molecule has 6 unspecified atom stereocenters. The van der Waals surface area contributed by atoms with Crippen molar-refractivity contribution in [1.82, 2.24) is 0 Å². The van der Waals surface area contributed by atoms with Gasteiger partial charge in [0.05, 0.1) is 6.61 Å². The van der Waals surface area contributed by atoms with Crippen molar-refractivity contribution < 1.29 is 58.2 Å². The molecule has 0 saturated carbocycles. The van der Waals surface area contributed by atoms with Crippen LogP contribution < -0.4 is 0 Å². The third-order valence-electron chi connectivity index (χ3n) is 12.6. The van der Waals surface area contributed by atoms with Crippen molar-refractivity contribution in [1.29, 1.82) is 0 Å². The molecular weight excluding hydrogens is 949 g/mol. The van der Waals surface area contributed by atoms with Crippen LogP contribution in [0.2, 0.25) is 0 Å². The normalized spacial score (nSPS) is 18.9. The Morgan fingerprint density at radius 1 is 0.453 bits per heavy atom. The Balaban J connectivity index is 2.73. The second-order valence-electron chi connectivity index (χ2n) is 19.5. The quantitative estimate of drug-likeness (QED) is 0.0228. The highest BCUT2D eigenvalue weighted by atomic mass is 16.7. The molecule has 1 fully saturated rings. The van der Waals surface area contributed by atoms with E-state index in [0.29, 0.717) is 19.3 Å². The van der Waals surface area contributed by atoms with Crippen LogP contribution in [0.3, 0.4) is 0 Å². The van der Waals surface area contributed by atoms with Gasteiger partial charge in [-0.2, -0.15) is 0 Å². The lowest BCUT2D eigenvalue weighted by molar-refractivity contribution is -0.301. The van der Waals surface area contributed by atoms with Crippen molar-refractivity contribution in [2.75, 3.05) is 13.2 Å². The Labute approximate surface area is 453 Å². The SMILES string of the molecule is CC/C=C\C/C=C\C/C=C\C/C=C\C/C=C\CCCCCC(=O)OCC(COC1OC(C(=O)O)C(O)C(O)C1OC(=O)CCCCCCC/C=C\C/C=C\CCC)OC(=O)CCCCCCC/C=C\CCCCCC. The summed E-state index contributed by atoms with van der Waals surface area (Å²) in [5, 5.41) is 31.4. The smallest absolute Gasteiger partial charge is 0.335 e. The molecule has 6 atom stereocenters. The molecule has 1 aliphatic heterocycles. The Bertz CT molecular complexity index is 1670. The second kappa shape index (κ2) is 50.5. The zero-order chi connectivity index (χ0) is 54.7. The Morgan fingerprint density at radius 2 is 0.867 bits per heavy atom. The number of carbonyl (C=O) groups is 4. The number of carboxylic acid groups (broad SMARTS) is 1. The van der Waals surface area contributed by atoms with E-state index in [1.807, 2.05) is 0 Å². The molecular formula is C63H102O12. The summed E-state index contributed by atoms with van der Waals surface area (Å²) in [5.74, 6) is -3.20. The van der Waals surface area contributed by atoms with Gasteiger partial charge in [-0.3, -0.25) is 14.4 Å². The zero-order valence-corrected chi connectivity index (χ0v) is 46.8. The number of carbonyl (C=O) groups excluding carboxylic acids is 3. The van der Waals surface area contributed by atoms with E-state index in [-0.39, 0.29) is 25.9 Å². The van der Waals surface area contributed by atoms with Crippen LogP contribution in [0.5, 0.6) is 0 Å². The fourth-order valence-corrected chi connectivity index (χ4v) is 8.13. The van der Waals surface area contributed by atoms with E-state index in [1.54, 1.807) is 0 Å². The molecule has 75 heavy (non-hydrogen) atoms. The molecule has 12 nitrogen and oxygen atoms in total. The van der Waals surface area contributed by atoms with Gasteiger partial charge in [-0.25, -0.2) is 4.79 Å². The van der Waals surface area contributed by atoms with E-state index in [2.05, 4.69) is 118 Å². The summed E-state index contributed by atoms with van der Waals surface area (Å²) in [4.78, 5) is 51.1. The van der Waals surface area contributed by atoms with Gasteiger partial charge in [0, 0.05) is 19.3 Å². The van der Waals surface area contributed by atoms with Crippen LogP contribution in [-0.4, -0.2) is 89.2 Å². The van der Waals surface area contributed by atoms with Gasteiger partial charge >= 0.3 is 23.9 Å². The molecule has 1 aliphatic rings. The van der Waals surface area contributed by atoms with Crippen molar-refractivity contribution in [2.24, 2.45) is 0 Å². The number of aliphatic hydroxyl groups is 2. The highest BCUT2D eigenvalue weighted by Gasteiger charge is 2.50. The first kappa shape index (κ1) is 68.7. The molecule has 0 aromatic carbocycles. The van der Waals surface area contributed by atoms with Crippen LogP contribution >= 0.6 is 0 Å². The van der Waals surface area contributed by atoms with E-state index in [0.717, 1.165) is 141 Å². The van der Waals surface area contributed by atoms with Gasteiger partial charge < -0.3 is 39.0 Å². The van der Waals surface area contributed by atoms with Crippen LogP contribution in [0.15, 0.2) is 97.2 Å². The molecule has 0 amide bonds. The summed E-state index contributed by atoms with van der Waals surface area (Å²) in [6.07, 6.45) is 53.8. The van der Waals surface area contributed by atoms with Crippen molar-refractivity contribution in [3.63, 3.8) is 0 Å². The summed E-state index contributed by atoms with van der Waals surface area (Å²) in [6.45, 7) is 5.74. The maximum Gasteiger partial charge on any atom is 0.335 e. The van der Waals surface area contributed by atoms with Crippen LogP contribution in [0, 0.1) is 0 Å². The van der Waals surface area contributed by atoms with Crippen LogP contribution in [0.25, 0.3) is 0 Å². The predicted molar refractivity (Wildman–Crippen MR) is 303 cm³/mol. The Hall–Kier alpha value is -4.36. The minimum atomic E-state index is -1.92. The number of hydrogen-bond acceptors (Lipinski definition) is 11. The highest BCUT2D eigenvalue weighted by molar-refractivity contribution is 5.74. The molecule has 0 aromatic rings. The van der Waals surface area contributed by atoms with Crippen LogP contribution in [0.1, 0.15) is 226 Å².